The second-order valence-electron chi connectivity index (χ2n) is 7.84. The molecule has 0 atom stereocenters. The number of benzene rings is 2. The average molecular weight is 445 g/mol. The topological polar surface area (TPSA) is 84.0 Å². The third-order valence-electron chi connectivity index (χ3n) is 5.56. The lowest BCUT2D eigenvalue weighted by Crippen LogP contribution is -2.46. The first kappa shape index (κ1) is 22.8. The number of ether oxygens (including phenoxy) is 1. The van der Waals surface area contributed by atoms with Gasteiger partial charge in [-0.1, -0.05) is 29.8 Å². The third-order valence-corrected chi connectivity index (χ3v) is 7.35. The minimum Gasteiger partial charge on any atom is -0.469 e. The summed E-state index contributed by atoms with van der Waals surface area (Å²) in [6.07, 6.45) is 1.02. The molecule has 0 unspecified atom stereocenters. The Morgan fingerprint density at radius 3 is 2.26 bits per heavy atom. The van der Waals surface area contributed by atoms with Gasteiger partial charge in [0.15, 0.2) is 0 Å². The molecule has 0 spiro atoms. The second-order valence-corrected chi connectivity index (χ2v) is 9.70. The Bertz CT molecular complexity index is 1040. The molecular formula is C23H28N2O5S. The quantitative estimate of drug-likeness (QED) is 0.640. The maximum atomic E-state index is 13.4. The normalized spacial score (nSPS) is 14.9. The van der Waals surface area contributed by atoms with Crippen molar-refractivity contribution in [2.75, 3.05) is 31.0 Å². The number of hydrogen-bond donors (Lipinski definition) is 0. The van der Waals surface area contributed by atoms with E-state index in [0.29, 0.717) is 31.6 Å². The van der Waals surface area contributed by atoms with E-state index in [1.165, 1.54) is 11.4 Å². The summed E-state index contributed by atoms with van der Waals surface area (Å²) in [6, 6.07) is 13.7. The molecule has 8 heteroatoms. The first-order valence-electron chi connectivity index (χ1n) is 10.2. The molecule has 2 aromatic rings. The van der Waals surface area contributed by atoms with E-state index in [-0.39, 0.29) is 29.2 Å². The van der Waals surface area contributed by atoms with Crippen molar-refractivity contribution in [3.05, 3.63) is 59.7 Å². The number of methoxy groups -OCH3 is 1. The number of sulfonamides is 1. The lowest BCUT2D eigenvalue weighted by molar-refractivity contribution is -0.148. The Morgan fingerprint density at radius 1 is 1.03 bits per heavy atom. The highest BCUT2D eigenvalue weighted by atomic mass is 32.2. The molecule has 1 amide bonds. The van der Waals surface area contributed by atoms with E-state index in [0.717, 1.165) is 11.1 Å². The number of carbonyl (C=O) groups is 2. The summed E-state index contributed by atoms with van der Waals surface area (Å²) in [5.74, 6) is -0.783. The number of amides is 1. The molecule has 31 heavy (non-hydrogen) atoms. The van der Waals surface area contributed by atoms with Gasteiger partial charge in [0.1, 0.15) is 6.54 Å². The van der Waals surface area contributed by atoms with E-state index in [1.807, 2.05) is 19.9 Å². The highest BCUT2D eigenvalue weighted by molar-refractivity contribution is 7.92. The highest BCUT2D eigenvalue weighted by Crippen LogP contribution is 2.26. The molecule has 2 aromatic carbocycles. The summed E-state index contributed by atoms with van der Waals surface area (Å²) in [7, 11) is -2.58. The van der Waals surface area contributed by atoms with Gasteiger partial charge in [0, 0.05) is 13.1 Å². The summed E-state index contributed by atoms with van der Waals surface area (Å²) in [5, 5.41) is 0. The predicted octanol–water partition coefficient (Wildman–Crippen LogP) is 2.91. The van der Waals surface area contributed by atoms with Gasteiger partial charge in [0.2, 0.25) is 5.91 Å². The van der Waals surface area contributed by atoms with Crippen molar-refractivity contribution < 1.29 is 22.7 Å². The van der Waals surface area contributed by atoms with Crippen molar-refractivity contribution >= 4 is 27.6 Å². The van der Waals surface area contributed by atoms with Crippen LogP contribution in [-0.2, 0) is 24.3 Å². The van der Waals surface area contributed by atoms with Crippen molar-refractivity contribution in [1.29, 1.82) is 0 Å². The van der Waals surface area contributed by atoms with Crippen molar-refractivity contribution in [3.8, 4) is 0 Å². The van der Waals surface area contributed by atoms with Crippen LogP contribution in [0.15, 0.2) is 53.4 Å². The SMILES string of the molecule is COC(=O)C1CCN(C(=O)CN(c2cccc(C)c2)S(=O)(=O)c2ccc(C)cc2)CC1. The van der Waals surface area contributed by atoms with Crippen LogP contribution in [0.4, 0.5) is 5.69 Å². The van der Waals surface area contributed by atoms with Crippen LogP contribution in [0.25, 0.3) is 0 Å². The van der Waals surface area contributed by atoms with Crippen LogP contribution in [0, 0.1) is 19.8 Å². The number of rotatable bonds is 6. The molecule has 0 N–H and O–H groups in total. The minimum absolute atomic E-state index is 0.136. The van der Waals surface area contributed by atoms with Crippen LogP contribution < -0.4 is 4.31 Å². The fourth-order valence-electron chi connectivity index (χ4n) is 3.69. The molecule has 0 aliphatic carbocycles. The van der Waals surface area contributed by atoms with Crippen molar-refractivity contribution in [2.45, 2.75) is 31.6 Å². The Labute approximate surface area is 183 Å². The van der Waals surface area contributed by atoms with Gasteiger partial charge in [-0.05, 0) is 56.5 Å². The van der Waals surface area contributed by atoms with Gasteiger partial charge < -0.3 is 9.64 Å². The molecule has 1 fully saturated rings. The Morgan fingerprint density at radius 2 is 1.68 bits per heavy atom. The zero-order chi connectivity index (χ0) is 22.6. The van der Waals surface area contributed by atoms with Crippen molar-refractivity contribution in [3.63, 3.8) is 0 Å². The van der Waals surface area contributed by atoms with E-state index in [4.69, 9.17) is 4.74 Å². The van der Waals surface area contributed by atoms with Crippen LogP contribution >= 0.6 is 0 Å². The summed E-state index contributed by atoms with van der Waals surface area (Å²) in [4.78, 5) is 26.5. The fraction of sp³-hybridized carbons (Fsp3) is 0.391. The van der Waals surface area contributed by atoms with Crippen LogP contribution in [0.1, 0.15) is 24.0 Å². The number of aryl methyl sites for hydroxylation is 2. The van der Waals surface area contributed by atoms with Crippen molar-refractivity contribution in [1.82, 2.24) is 4.90 Å². The Balaban J connectivity index is 1.85. The monoisotopic (exact) mass is 444 g/mol. The standard InChI is InChI=1S/C23H28N2O5S/c1-17-7-9-21(10-8-17)31(28,29)25(20-6-4-5-18(2)15-20)16-22(26)24-13-11-19(12-14-24)23(27)30-3/h4-10,15,19H,11-14,16H2,1-3H3. The van der Waals surface area contributed by atoms with E-state index < -0.39 is 10.0 Å². The molecule has 0 aromatic heterocycles. The van der Waals surface area contributed by atoms with Gasteiger partial charge >= 0.3 is 5.97 Å². The maximum absolute atomic E-state index is 13.4. The van der Waals surface area contributed by atoms with Gasteiger partial charge in [-0.15, -0.1) is 0 Å². The number of likely N-dealkylation sites (tertiary alicyclic amines) is 1. The number of piperidine rings is 1. The molecule has 1 aliphatic rings. The fourth-order valence-corrected chi connectivity index (χ4v) is 5.10. The molecule has 1 saturated heterocycles. The summed E-state index contributed by atoms with van der Waals surface area (Å²) < 4.78 is 32.9. The smallest absolute Gasteiger partial charge is 0.308 e. The van der Waals surface area contributed by atoms with Gasteiger partial charge in [0.05, 0.1) is 23.6 Å². The van der Waals surface area contributed by atoms with Gasteiger partial charge in [-0.25, -0.2) is 8.42 Å². The number of esters is 1. The number of nitrogens with zero attached hydrogens (tertiary/aromatic N) is 2. The molecule has 0 bridgehead atoms. The van der Waals surface area contributed by atoms with Gasteiger partial charge in [-0.3, -0.25) is 13.9 Å². The summed E-state index contributed by atoms with van der Waals surface area (Å²) in [5.41, 5.74) is 2.29. The van der Waals surface area contributed by atoms with Crippen molar-refractivity contribution in [2.24, 2.45) is 5.92 Å². The first-order chi connectivity index (χ1) is 14.7. The third kappa shape index (κ3) is 5.25. The largest absolute Gasteiger partial charge is 0.469 e. The Kier molecular flexibility index (Phi) is 7.00. The van der Waals surface area contributed by atoms with Crippen LogP contribution in [0.3, 0.4) is 0 Å². The number of anilines is 1. The van der Waals surface area contributed by atoms with E-state index >= 15 is 0 Å². The first-order valence-corrected chi connectivity index (χ1v) is 11.7. The van der Waals surface area contributed by atoms with Crippen LogP contribution in [0.2, 0.25) is 0 Å². The minimum atomic E-state index is -3.94. The second kappa shape index (κ2) is 9.51. The molecule has 3 rings (SSSR count). The lowest BCUT2D eigenvalue weighted by Gasteiger charge is -2.33. The number of carbonyl (C=O) groups excluding carboxylic acids is 2. The molecule has 0 radical (unpaired) electrons. The van der Waals surface area contributed by atoms with Gasteiger partial charge in [0.25, 0.3) is 10.0 Å². The summed E-state index contributed by atoms with van der Waals surface area (Å²) >= 11 is 0. The van der Waals surface area contributed by atoms with Crippen LogP contribution in [0.5, 0.6) is 0 Å². The average Bonchev–Trinajstić information content (AvgIpc) is 2.77. The van der Waals surface area contributed by atoms with E-state index in [2.05, 4.69) is 0 Å². The Hall–Kier alpha value is -2.87. The molecule has 7 nitrogen and oxygen atoms in total. The molecule has 1 heterocycles. The van der Waals surface area contributed by atoms with E-state index in [1.54, 1.807) is 47.4 Å². The maximum Gasteiger partial charge on any atom is 0.308 e. The lowest BCUT2D eigenvalue weighted by atomic mass is 9.97. The van der Waals surface area contributed by atoms with Crippen LogP contribution in [-0.4, -0.2) is 51.9 Å². The zero-order valence-corrected chi connectivity index (χ0v) is 18.9. The molecule has 1 aliphatic heterocycles. The molecule has 166 valence electrons. The zero-order valence-electron chi connectivity index (χ0n) is 18.1. The molecule has 0 saturated carbocycles. The summed E-state index contributed by atoms with van der Waals surface area (Å²) in [6.45, 7) is 4.24. The highest BCUT2D eigenvalue weighted by Gasteiger charge is 2.32. The van der Waals surface area contributed by atoms with E-state index in [9.17, 15) is 18.0 Å². The predicted molar refractivity (Wildman–Crippen MR) is 118 cm³/mol. The molecular weight excluding hydrogens is 416 g/mol. The van der Waals surface area contributed by atoms with Gasteiger partial charge in [-0.2, -0.15) is 0 Å². The number of hydrogen-bond acceptors (Lipinski definition) is 5.